The molecular formula is C18H28N2O4. The number of amides is 2. The molecule has 0 aromatic heterocycles. The summed E-state index contributed by atoms with van der Waals surface area (Å²) in [6.45, 7) is 8.05. The van der Waals surface area contributed by atoms with Gasteiger partial charge in [0.05, 0.1) is 11.8 Å². The lowest BCUT2D eigenvalue weighted by Crippen LogP contribution is -2.45. The zero-order valence-corrected chi connectivity index (χ0v) is 15.1. The average Bonchev–Trinajstić information content (AvgIpc) is 2.52. The summed E-state index contributed by atoms with van der Waals surface area (Å²) in [5.41, 5.74) is -0.644. The Morgan fingerprint density at radius 1 is 1.17 bits per heavy atom. The van der Waals surface area contributed by atoms with Crippen molar-refractivity contribution < 1.29 is 19.1 Å². The number of hydrogen-bond acceptors (Lipinski definition) is 4. The first kappa shape index (κ1) is 20.0. The first-order valence-electron chi connectivity index (χ1n) is 8.13. The van der Waals surface area contributed by atoms with Crippen LogP contribution in [0.4, 0.5) is 5.69 Å². The number of anilines is 1. The SMILES string of the molecule is COCCCNC(=O)C(C)(C)C(=O)Nc1ccccc1OC(C)C. The van der Waals surface area contributed by atoms with Gasteiger partial charge in [-0.25, -0.2) is 0 Å². The molecule has 1 rings (SSSR count). The Bertz CT molecular complexity index is 556. The van der Waals surface area contributed by atoms with Crippen LogP contribution in [-0.2, 0) is 14.3 Å². The van der Waals surface area contributed by atoms with E-state index in [0.29, 0.717) is 31.0 Å². The summed E-state index contributed by atoms with van der Waals surface area (Å²) in [7, 11) is 1.61. The van der Waals surface area contributed by atoms with Crippen molar-refractivity contribution in [2.75, 3.05) is 25.6 Å². The van der Waals surface area contributed by atoms with Crippen LogP contribution in [0, 0.1) is 5.41 Å². The highest BCUT2D eigenvalue weighted by molar-refractivity contribution is 6.10. The quantitative estimate of drug-likeness (QED) is 0.537. The van der Waals surface area contributed by atoms with Crippen molar-refractivity contribution in [1.29, 1.82) is 0 Å². The van der Waals surface area contributed by atoms with Crippen LogP contribution in [0.15, 0.2) is 24.3 Å². The fraction of sp³-hybridized carbons (Fsp3) is 0.556. The van der Waals surface area contributed by atoms with Gasteiger partial charge in [-0.1, -0.05) is 12.1 Å². The van der Waals surface area contributed by atoms with E-state index in [1.54, 1.807) is 39.2 Å². The van der Waals surface area contributed by atoms with Gasteiger partial charge >= 0.3 is 0 Å². The standard InChI is InChI=1S/C18H28N2O4/c1-13(2)24-15-10-7-6-9-14(15)20-17(22)18(3,4)16(21)19-11-8-12-23-5/h6-7,9-10,13H,8,11-12H2,1-5H3,(H,19,21)(H,20,22). The first-order chi connectivity index (χ1) is 11.3. The summed E-state index contributed by atoms with van der Waals surface area (Å²) >= 11 is 0. The first-order valence-corrected chi connectivity index (χ1v) is 8.13. The van der Waals surface area contributed by atoms with E-state index >= 15 is 0 Å². The molecule has 0 unspecified atom stereocenters. The molecule has 1 aromatic carbocycles. The Labute approximate surface area is 143 Å². The van der Waals surface area contributed by atoms with E-state index < -0.39 is 5.41 Å². The Kier molecular flexibility index (Phi) is 7.71. The van der Waals surface area contributed by atoms with Crippen LogP contribution in [0.2, 0.25) is 0 Å². The number of hydrogen-bond donors (Lipinski definition) is 2. The molecule has 0 bridgehead atoms. The minimum absolute atomic E-state index is 0.0138. The van der Waals surface area contributed by atoms with E-state index in [0.717, 1.165) is 0 Å². The number of methoxy groups -OCH3 is 1. The van der Waals surface area contributed by atoms with Crippen LogP contribution in [0.25, 0.3) is 0 Å². The van der Waals surface area contributed by atoms with Crippen molar-refractivity contribution in [1.82, 2.24) is 5.32 Å². The van der Waals surface area contributed by atoms with Gasteiger partial charge in [0, 0.05) is 20.3 Å². The third-order valence-corrected chi connectivity index (χ3v) is 3.44. The Balaban J connectivity index is 2.73. The van der Waals surface area contributed by atoms with Crippen molar-refractivity contribution in [2.45, 2.75) is 40.2 Å². The van der Waals surface area contributed by atoms with Crippen molar-refractivity contribution in [3.63, 3.8) is 0 Å². The van der Waals surface area contributed by atoms with Crippen molar-refractivity contribution in [3.8, 4) is 5.75 Å². The highest BCUT2D eigenvalue weighted by Gasteiger charge is 2.36. The maximum absolute atomic E-state index is 12.6. The Morgan fingerprint density at radius 3 is 2.46 bits per heavy atom. The Hall–Kier alpha value is -2.08. The van der Waals surface area contributed by atoms with Crippen molar-refractivity contribution in [2.24, 2.45) is 5.41 Å². The monoisotopic (exact) mass is 336 g/mol. The molecule has 0 aliphatic heterocycles. The molecule has 0 spiro atoms. The van der Waals surface area contributed by atoms with Crippen LogP contribution in [0.1, 0.15) is 34.1 Å². The zero-order chi connectivity index (χ0) is 18.2. The van der Waals surface area contributed by atoms with Crippen LogP contribution < -0.4 is 15.4 Å². The highest BCUT2D eigenvalue weighted by atomic mass is 16.5. The Morgan fingerprint density at radius 2 is 1.83 bits per heavy atom. The van der Waals surface area contributed by atoms with Gasteiger partial charge in [-0.2, -0.15) is 0 Å². The maximum atomic E-state index is 12.6. The molecule has 6 nitrogen and oxygen atoms in total. The molecule has 2 N–H and O–H groups in total. The lowest BCUT2D eigenvalue weighted by molar-refractivity contribution is -0.138. The number of nitrogens with one attached hydrogen (secondary N) is 2. The van der Waals surface area contributed by atoms with Crippen LogP contribution in [0.5, 0.6) is 5.75 Å². The molecule has 0 fully saturated rings. The summed E-state index contributed by atoms with van der Waals surface area (Å²) in [5, 5.41) is 5.55. The number of benzene rings is 1. The summed E-state index contributed by atoms with van der Waals surface area (Å²) in [5.74, 6) is -0.123. The van der Waals surface area contributed by atoms with Gasteiger partial charge in [-0.05, 0) is 46.2 Å². The number of rotatable bonds is 9. The normalized spacial score (nSPS) is 11.2. The predicted octanol–water partition coefficient (Wildman–Crippen LogP) is 2.59. The smallest absolute Gasteiger partial charge is 0.239 e. The summed E-state index contributed by atoms with van der Waals surface area (Å²) < 4.78 is 10.6. The molecule has 1 aromatic rings. The highest BCUT2D eigenvalue weighted by Crippen LogP contribution is 2.27. The van der Waals surface area contributed by atoms with Gasteiger partial charge < -0.3 is 20.1 Å². The number of carbonyl (C=O) groups excluding carboxylic acids is 2. The minimum atomic E-state index is -1.20. The predicted molar refractivity (Wildman–Crippen MR) is 94.1 cm³/mol. The van der Waals surface area contributed by atoms with Gasteiger partial charge in [0.25, 0.3) is 0 Å². The number of ether oxygens (including phenoxy) is 2. The van der Waals surface area contributed by atoms with E-state index in [1.807, 2.05) is 19.9 Å². The fourth-order valence-corrected chi connectivity index (χ4v) is 1.95. The van der Waals surface area contributed by atoms with Gasteiger partial charge in [-0.3, -0.25) is 9.59 Å². The van der Waals surface area contributed by atoms with E-state index in [4.69, 9.17) is 9.47 Å². The van der Waals surface area contributed by atoms with E-state index in [9.17, 15) is 9.59 Å². The molecule has 0 radical (unpaired) electrons. The minimum Gasteiger partial charge on any atom is -0.489 e. The van der Waals surface area contributed by atoms with Crippen LogP contribution >= 0.6 is 0 Å². The molecule has 134 valence electrons. The second-order valence-electron chi connectivity index (χ2n) is 6.34. The molecule has 6 heteroatoms. The molecule has 0 atom stereocenters. The molecule has 0 heterocycles. The zero-order valence-electron chi connectivity index (χ0n) is 15.1. The van der Waals surface area contributed by atoms with E-state index in [2.05, 4.69) is 10.6 Å². The fourth-order valence-electron chi connectivity index (χ4n) is 1.95. The largest absolute Gasteiger partial charge is 0.489 e. The molecule has 0 aliphatic rings. The molecule has 2 amide bonds. The lowest BCUT2D eigenvalue weighted by Gasteiger charge is -2.23. The van der Waals surface area contributed by atoms with Gasteiger partial charge in [0.1, 0.15) is 11.2 Å². The van der Waals surface area contributed by atoms with Crippen LogP contribution in [-0.4, -0.2) is 38.2 Å². The summed E-state index contributed by atoms with van der Waals surface area (Å²) in [6, 6.07) is 7.18. The maximum Gasteiger partial charge on any atom is 0.239 e. The van der Waals surface area contributed by atoms with Crippen molar-refractivity contribution in [3.05, 3.63) is 24.3 Å². The molecule has 0 aliphatic carbocycles. The third kappa shape index (κ3) is 5.85. The number of para-hydroxylation sites is 2. The lowest BCUT2D eigenvalue weighted by atomic mass is 9.91. The molecule has 0 saturated carbocycles. The molecule has 24 heavy (non-hydrogen) atoms. The van der Waals surface area contributed by atoms with Gasteiger partial charge in [0.2, 0.25) is 11.8 Å². The summed E-state index contributed by atoms with van der Waals surface area (Å²) in [4.78, 5) is 24.8. The van der Waals surface area contributed by atoms with Crippen LogP contribution in [0.3, 0.4) is 0 Å². The average molecular weight is 336 g/mol. The third-order valence-electron chi connectivity index (χ3n) is 3.44. The van der Waals surface area contributed by atoms with Crippen molar-refractivity contribution >= 4 is 17.5 Å². The summed E-state index contributed by atoms with van der Waals surface area (Å²) in [6.07, 6.45) is 0.686. The molecular weight excluding hydrogens is 308 g/mol. The topological polar surface area (TPSA) is 76.7 Å². The van der Waals surface area contributed by atoms with E-state index in [1.165, 1.54) is 0 Å². The molecule has 0 saturated heterocycles. The second-order valence-corrected chi connectivity index (χ2v) is 6.34. The number of carbonyl (C=O) groups is 2. The van der Waals surface area contributed by atoms with E-state index in [-0.39, 0.29) is 17.9 Å². The second kappa shape index (κ2) is 9.27. The van der Waals surface area contributed by atoms with Gasteiger partial charge in [0.15, 0.2) is 0 Å². The van der Waals surface area contributed by atoms with Gasteiger partial charge in [-0.15, -0.1) is 0 Å².